The Labute approximate surface area is 155 Å². The number of pyridine rings is 1. The van der Waals surface area contributed by atoms with Crippen LogP contribution in [0.4, 0.5) is 5.82 Å². The van der Waals surface area contributed by atoms with Gasteiger partial charge in [-0.1, -0.05) is 36.4 Å². The van der Waals surface area contributed by atoms with Crippen molar-refractivity contribution in [1.29, 1.82) is 0 Å². The van der Waals surface area contributed by atoms with Crippen LogP contribution in [0.15, 0.2) is 66.7 Å². The summed E-state index contributed by atoms with van der Waals surface area (Å²) in [6.45, 7) is 0. The van der Waals surface area contributed by atoms with Gasteiger partial charge in [-0.25, -0.2) is 4.98 Å². The second-order valence-electron chi connectivity index (χ2n) is 6.04. The highest BCUT2D eigenvalue weighted by atomic mass is 32.2. The molecule has 5 nitrogen and oxygen atoms in total. The Kier molecular flexibility index (Phi) is 4.58. The van der Waals surface area contributed by atoms with Crippen molar-refractivity contribution in [3.63, 3.8) is 0 Å². The first kappa shape index (κ1) is 16.6. The third-order valence-electron chi connectivity index (χ3n) is 4.32. The Hall–Kier alpha value is -2.86. The second kappa shape index (κ2) is 7.17. The van der Waals surface area contributed by atoms with E-state index in [1.54, 1.807) is 34.9 Å². The Morgan fingerprint density at radius 1 is 1.00 bits per heavy atom. The molecule has 6 heteroatoms. The van der Waals surface area contributed by atoms with E-state index in [-0.39, 0.29) is 11.8 Å². The Morgan fingerprint density at radius 3 is 2.62 bits per heavy atom. The topological polar surface area (TPSA) is 62.3 Å². The Morgan fingerprint density at radius 2 is 1.77 bits per heavy atom. The van der Waals surface area contributed by atoms with E-state index in [9.17, 15) is 9.59 Å². The number of amides is 2. The maximum Gasteiger partial charge on any atom is 0.255 e. The number of benzene rings is 2. The lowest BCUT2D eigenvalue weighted by molar-refractivity contribution is -0.119. The summed E-state index contributed by atoms with van der Waals surface area (Å²) in [7, 11) is 0. The molecule has 0 spiro atoms. The van der Waals surface area contributed by atoms with Gasteiger partial charge >= 0.3 is 0 Å². The quantitative estimate of drug-likeness (QED) is 0.775. The van der Waals surface area contributed by atoms with E-state index in [0.29, 0.717) is 23.0 Å². The molecule has 1 aliphatic rings. The first-order chi connectivity index (χ1) is 12.7. The molecule has 2 aromatic carbocycles. The van der Waals surface area contributed by atoms with Gasteiger partial charge in [-0.15, -0.1) is 11.8 Å². The van der Waals surface area contributed by atoms with Gasteiger partial charge in [0.05, 0.1) is 11.4 Å². The Balaban J connectivity index is 1.52. The molecule has 1 aliphatic heterocycles. The highest BCUT2D eigenvalue weighted by Crippen LogP contribution is 2.24. The smallest absolute Gasteiger partial charge is 0.255 e. The van der Waals surface area contributed by atoms with Gasteiger partial charge < -0.3 is 10.2 Å². The summed E-state index contributed by atoms with van der Waals surface area (Å²) in [5.41, 5.74) is 1.42. The summed E-state index contributed by atoms with van der Waals surface area (Å²) >= 11 is 1.58. The van der Waals surface area contributed by atoms with E-state index in [0.717, 1.165) is 10.9 Å². The maximum atomic E-state index is 12.7. The van der Waals surface area contributed by atoms with Crippen molar-refractivity contribution in [2.24, 2.45) is 0 Å². The molecule has 4 rings (SSSR count). The van der Waals surface area contributed by atoms with Gasteiger partial charge in [-0.2, -0.15) is 0 Å². The van der Waals surface area contributed by atoms with Crippen LogP contribution < -0.4 is 5.32 Å². The number of nitrogens with zero attached hydrogens (tertiary/aromatic N) is 2. The average Bonchev–Trinajstić information content (AvgIpc) is 3.18. The summed E-state index contributed by atoms with van der Waals surface area (Å²) in [5, 5.41) is 3.87. The highest BCUT2D eigenvalue weighted by molar-refractivity contribution is 7.99. The number of fused-ring (bicyclic) bond motifs is 1. The van der Waals surface area contributed by atoms with Gasteiger partial charge in [0.15, 0.2) is 0 Å². The van der Waals surface area contributed by atoms with Crippen LogP contribution in [0.3, 0.4) is 0 Å². The van der Waals surface area contributed by atoms with Crippen LogP contribution in [0.2, 0.25) is 0 Å². The van der Waals surface area contributed by atoms with Crippen molar-refractivity contribution < 1.29 is 9.59 Å². The number of hydrogen-bond donors (Lipinski definition) is 1. The van der Waals surface area contributed by atoms with Crippen molar-refractivity contribution in [3.8, 4) is 0 Å². The minimum Gasteiger partial charge on any atom is -0.317 e. The molecule has 0 radical (unpaired) electrons. The summed E-state index contributed by atoms with van der Waals surface area (Å²) in [6.07, 6.45) is 0. The van der Waals surface area contributed by atoms with Gasteiger partial charge in [0, 0.05) is 16.7 Å². The molecule has 3 aromatic rings. The Bertz CT molecular complexity index is 961. The SMILES string of the molecule is O=C(Nc1ccc2ccccc2n1)[C@@H]1CSCN1C(=O)c1ccccc1. The first-order valence-electron chi connectivity index (χ1n) is 8.33. The molecule has 0 bridgehead atoms. The van der Waals surface area contributed by atoms with Crippen LogP contribution >= 0.6 is 11.8 Å². The first-order valence-corrected chi connectivity index (χ1v) is 9.48. The minimum atomic E-state index is -0.499. The van der Waals surface area contributed by atoms with Gasteiger partial charge in [0.1, 0.15) is 11.9 Å². The molecule has 2 heterocycles. The number of rotatable bonds is 3. The predicted octanol–water partition coefficient (Wildman–Crippen LogP) is 3.39. The fourth-order valence-corrected chi connectivity index (χ4v) is 4.11. The monoisotopic (exact) mass is 363 g/mol. The third-order valence-corrected chi connectivity index (χ3v) is 5.33. The van der Waals surface area contributed by atoms with E-state index in [1.807, 2.05) is 48.5 Å². The lowest BCUT2D eigenvalue weighted by atomic mass is 10.1. The zero-order valence-electron chi connectivity index (χ0n) is 14.0. The molecule has 0 saturated carbocycles. The van der Waals surface area contributed by atoms with Crippen molar-refractivity contribution in [2.45, 2.75) is 6.04 Å². The van der Waals surface area contributed by atoms with Crippen LogP contribution in [0.5, 0.6) is 0 Å². The maximum absolute atomic E-state index is 12.7. The summed E-state index contributed by atoms with van der Waals surface area (Å²) in [6, 6.07) is 20.0. The van der Waals surface area contributed by atoms with Crippen molar-refractivity contribution in [3.05, 3.63) is 72.3 Å². The summed E-state index contributed by atoms with van der Waals surface area (Å²) < 4.78 is 0. The number of nitrogens with one attached hydrogen (secondary N) is 1. The number of aromatic nitrogens is 1. The van der Waals surface area contributed by atoms with Crippen LogP contribution in [-0.4, -0.2) is 39.4 Å². The number of hydrogen-bond acceptors (Lipinski definition) is 4. The van der Waals surface area contributed by atoms with Crippen LogP contribution in [0.1, 0.15) is 10.4 Å². The number of para-hydroxylation sites is 1. The summed E-state index contributed by atoms with van der Waals surface area (Å²) in [4.78, 5) is 31.5. The van der Waals surface area contributed by atoms with Gasteiger partial charge in [-0.3, -0.25) is 9.59 Å². The third kappa shape index (κ3) is 3.28. The fraction of sp³-hybridized carbons (Fsp3) is 0.150. The zero-order chi connectivity index (χ0) is 17.9. The largest absolute Gasteiger partial charge is 0.317 e. The van der Waals surface area contributed by atoms with Gasteiger partial charge in [0.25, 0.3) is 5.91 Å². The molecule has 2 amide bonds. The number of thioether (sulfide) groups is 1. The minimum absolute atomic E-state index is 0.123. The molecule has 0 aliphatic carbocycles. The molecule has 1 saturated heterocycles. The molecule has 1 aromatic heterocycles. The molecule has 1 atom stereocenters. The van der Waals surface area contributed by atoms with Crippen molar-refractivity contribution in [1.82, 2.24) is 9.88 Å². The van der Waals surface area contributed by atoms with Gasteiger partial charge in [0.2, 0.25) is 5.91 Å². The average molecular weight is 363 g/mol. The van der Waals surface area contributed by atoms with Crippen molar-refractivity contribution >= 4 is 40.3 Å². The lowest BCUT2D eigenvalue weighted by Crippen LogP contribution is -2.44. The molecule has 1 fully saturated rings. The number of carbonyl (C=O) groups excluding carboxylic acids is 2. The molecule has 130 valence electrons. The van der Waals surface area contributed by atoms with Crippen LogP contribution in [0, 0.1) is 0 Å². The van der Waals surface area contributed by atoms with Crippen LogP contribution in [-0.2, 0) is 4.79 Å². The molecule has 26 heavy (non-hydrogen) atoms. The number of carbonyl (C=O) groups is 2. The molecule has 1 N–H and O–H groups in total. The predicted molar refractivity (Wildman–Crippen MR) is 104 cm³/mol. The van der Waals surface area contributed by atoms with Crippen LogP contribution in [0.25, 0.3) is 10.9 Å². The van der Waals surface area contributed by atoms with E-state index in [2.05, 4.69) is 10.3 Å². The zero-order valence-corrected chi connectivity index (χ0v) is 14.8. The molecular formula is C20H17N3O2S. The van der Waals surface area contributed by atoms with E-state index < -0.39 is 6.04 Å². The van der Waals surface area contributed by atoms with E-state index in [1.165, 1.54) is 0 Å². The van der Waals surface area contributed by atoms with Crippen molar-refractivity contribution in [2.75, 3.05) is 16.9 Å². The van der Waals surface area contributed by atoms with E-state index >= 15 is 0 Å². The fourth-order valence-electron chi connectivity index (χ4n) is 2.95. The lowest BCUT2D eigenvalue weighted by Gasteiger charge is -2.23. The van der Waals surface area contributed by atoms with E-state index in [4.69, 9.17) is 0 Å². The molecule has 0 unspecified atom stereocenters. The van der Waals surface area contributed by atoms with Gasteiger partial charge in [-0.05, 0) is 30.3 Å². The molecular weight excluding hydrogens is 346 g/mol. The number of anilines is 1. The highest BCUT2D eigenvalue weighted by Gasteiger charge is 2.35. The standard InChI is InChI=1S/C20H17N3O2S/c24-19(22-18-11-10-14-6-4-5-9-16(14)21-18)17-12-26-13-23(17)20(25)15-7-2-1-3-8-15/h1-11,17H,12-13H2,(H,21,22,24)/t17-/m0/s1. The normalized spacial score (nSPS) is 16.6. The second-order valence-corrected chi connectivity index (χ2v) is 7.03. The summed E-state index contributed by atoms with van der Waals surface area (Å²) in [5.74, 6) is 1.26.